The van der Waals surface area contributed by atoms with Crippen molar-refractivity contribution < 1.29 is 42.3 Å². The van der Waals surface area contributed by atoms with Crippen molar-refractivity contribution in [2.75, 3.05) is 0 Å². The molecule has 0 N–H and O–H groups in total. The second kappa shape index (κ2) is 8.66. The molecule has 0 spiro atoms. The van der Waals surface area contributed by atoms with Gasteiger partial charge >= 0.3 is 0 Å². The minimum absolute atomic E-state index is 0. The van der Waals surface area contributed by atoms with Gasteiger partial charge in [0.25, 0.3) is 0 Å². The van der Waals surface area contributed by atoms with E-state index in [2.05, 4.69) is 6.92 Å². The van der Waals surface area contributed by atoms with E-state index in [0.717, 1.165) is 11.1 Å². The largest absolute Gasteiger partial charge is 0.376 e. The summed E-state index contributed by atoms with van der Waals surface area (Å²) in [4.78, 5) is 19.7. The van der Waals surface area contributed by atoms with E-state index in [1.165, 1.54) is 12.5 Å². The van der Waals surface area contributed by atoms with Crippen LogP contribution in [-0.4, -0.2) is 12.1 Å². The van der Waals surface area contributed by atoms with Crippen molar-refractivity contribution in [2.45, 2.75) is 27.7 Å². The molecular weight excluding hydrogens is 277 g/mol. The maximum absolute atomic E-state index is 10.4. The average Bonchev–Trinajstić information content (AvgIpc) is 2.10. The molecule has 0 saturated heterocycles. The van der Waals surface area contributed by atoms with Crippen molar-refractivity contribution in [2.24, 2.45) is 0 Å². The Hall–Kier alpha value is -0.466. The monoisotopic (exact) mass is 293 g/mol. The van der Waals surface area contributed by atoms with Crippen LogP contribution in [0.2, 0.25) is 0 Å². The summed E-state index contributed by atoms with van der Waals surface area (Å²) in [5.74, 6) is -0.0833. The summed E-state index contributed by atoms with van der Waals surface area (Å²) in [6.45, 7) is 10.4. The van der Waals surface area contributed by atoms with Crippen molar-refractivity contribution in [3.63, 3.8) is 0 Å². The van der Waals surface area contributed by atoms with E-state index in [-0.39, 0.29) is 38.5 Å². The van der Waals surface area contributed by atoms with E-state index in [9.17, 15) is 9.59 Å². The van der Waals surface area contributed by atoms with E-state index in [1.807, 2.05) is 39.2 Å². The van der Waals surface area contributed by atoms with E-state index >= 15 is 0 Å². The molecule has 0 aliphatic carbocycles. The van der Waals surface area contributed by atoms with E-state index in [4.69, 9.17) is 0 Å². The van der Waals surface area contributed by atoms with Crippen molar-refractivity contribution in [3.05, 3.63) is 41.3 Å². The topological polar surface area (TPSA) is 34.1 Å². The number of ketones is 1. The zero-order chi connectivity index (χ0) is 12.0. The van der Waals surface area contributed by atoms with Crippen LogP contribution in [0.4, 0.5) is 0 Å². The minimum atomic E-state index is -0.0833. The Bertz CT molecular complexity index is 366. The molecule has 0 fully saturated rings. The van der Waals surface area contributed by atoms with Gasteiger partial charge in [-0.2, -0.15) is 6.07 Å². The zero-order valence-corrected chi connectivity index (χ0v) is 13.1. The number of carbonyl (C=O) groups excluding carboxylic acids is 2. The third-order valence-electron chi connectivity index (χ3n) is 1.95. The van der Waals surface area contributed by atoms with Crippen LogP contribution in [0.5, 0.6) is 0 Å². The number of Topliss-reactive ketones (excluding diaryl/α,β-unsaturated/α-hetero) is 1. The molecule has 0 aromatic heterocycles. The summed E-state index contributed by atoms with van der Waals surface area (Å²) >= 11 is 0. The molecule has 0 saturated carbocycles. The quantitative estimate of drug-likeness (QED) is 0.745. The summed E-state index contributed by atoms with van der Waals surface area (Å²) in [5.41, 5.74) is 4.05. The molecule has 0 bridgehead atoms. The van der Waals surface area contributed by atoms with Crippen molar-refractivity contribution in [1.82, 2.24) is 0 Å². The van der Waals surface area contributed by atoms with Crippen LogP contribution >= 0.6 is 0 Å². The van der Waals surface area contributed by atoms with Crippen LogP contribution in [-0.2, 0) is 42.3 Å². The van der Waals surface area contributed by atoms with Crippen LogP contribution < -0.4 is 0 Å². The maximum atomic E-state index is 10.4. The Kier molecular flexibility index (Phi) is 9.70. The Balaban J connectivity index is 0. The number of hydrogen-bond acceptors (Lipinski definition) is 2. The van der Waals surface area contributed by atoms with Gasteiger partial charge < -0.3 is 16.5 Å². The third-order valence-corrected chi connectivity index (χ3v) is 1.95. The van der Waals surface area contributed by atoms with Crippen LogP contribution in [0.15, 0.2) is 12.1 Å². The summed E-state index contributed by atoms with van der Waals surface area (Å²) < 4.78 is 0. The molecule has 16 heavy (non-hydrogen) atoms. The van der Waals surface area contributed by atoms with Crippen LogP contribution in [0.25, 0.3) is 0 Å². The fraction of sp³-hybridized carbons (Fsp3) is 0.308. The van der Waals surface area contributed by atoms with Gasteiger partial charge in [0, 0.05) is 32.7 Å². The Morgan fingerprint density at radius 1 is 1.12 bits per heavy atom. The van der Waals surface area contributed by atoms with Gasteiger partial charge in [0.2, 0.25) is 0 Å². The van der Waals surface area contributed by atoms with Gasteiger partial charge in [-0.05, 0) is 19.6 Å². The van der Waals surface area contributed by atoms with Gasteiger partial charge in [-0.3, -0.25) is 0 Å². The molecule has 0 amide bonds. The second-order valence-electron chi connectivity index (χ2n) is 3.56. The van der Waals surface area contributed by atoms with Gasteiger partial charge in [0.05, 0.1) is 6.29 Å². The van der Waals surface area contributed by atoms with Gasteiger partial charge in [0.1, 0.15) is 0 Å². The first kappa shape index (κ1) is 17.9. The molecule has 1 aromatic carbocycles. The third kappa shape index (κ3) is 6.92. The van der Waals surface area contributed by atoms with Gasteiger partial charge in [0.15, 0.2) is 0 Å². The minimum Gasteiger partial charge on any atom is -0.376 e. The number of hydrogen-bond donors (Lipinski definition) is 0. The Labute approximate surface area is 123 Å². The molecule has 0 aliphatic heterocycles. The number of benzene rings is 1. The van der Waals surface area contributed by atoms with Gasteiger partial charge in [-0.25, -0.2) is 0 Å². The molecule has 1 aromatic rings. The Morgan fingerprint density at radius 3 is 1.88 bits per heavy atom. The number of aryl methyl sites for hydroxylation is 3. The molecule has 0 unspecified atom stereocenters. The molecular formula is C13H16O2Y-2. The van der Waals surface area contributed by atoms with E-state index < -0.39 is 0 Å². The standard InChI is InChI=1S/C10H11O.C3H5O.Y/c1-7-4-9(3)10(6-11)5-8(7)2;1-3(2)4;/h4-5H,1-3H3;1H2,2H3;/q2*-1;. The molecule has 0 atom stereocenters. The molecule has 1 rings (SSSR count). The molecule has 1 radical (unpaired) electrons. The van der Waals surface area contributed by atoms with Crippen molar-refractivity contribution >= 4 is 12.1 Å². The molecule has 0 aliphatic rings. The summed E-state index contributed by atoms with van der Waals surface area (Å²) in [6, 6.07) is 3.88. The second-order valence-corrected chi connectivity index (χ2v) is 3.56. The summed E-state index contributed by atoms with van der Waals surface area (Å²) in [5, 5.41) is 0. The normalized spacial score (nSPS) is 8.25. The van der Waals surface area contributed by atoms with Crippen LogP contribution in [0.3, 0.4) is 0 Å². The van der Waals surface area contributed by atoms with Crippen LogP contribution in [0, 0.1) is 27.7 Å². The number of rotatable bonds is 1. The fourth-order valence-corrected chi connectivity index (χ4v) is 1.07. The maximum Gasteiger partial charge on any atom is 0.0629 e. The van der Waals surface area contributed by atoms with E-state index in [0.29, 0.717) is 5.56 Å². The Morgan fingerprint density at radius 2 is 1.50 bits per heavy atom. The van der Waals surface area contributed by atoms with E-state index in [1.54, 1.807) is 0 Å². The molecule has 2 nitrogen and oxygen atoms in total. The van der Waals surface area contributed by atoms with Gasteiger partial charge in [-0.15, -0.1) is 22.8 Å². The number of carbonyl (C=O) groups is 1. The first-order valence-electron chi connectivity index (χ1n) is 4.67. The predicted octanol–water partition coefficient (Wildman–Crippen LogP) is 2.48. The predicted molar refractivity (Wildman–Crippen MR) is 61.5 cm³/mol. The van der Waals surface area contributed by atoms with Crippen molar-refractivity contribution in [1.29, 1.82) is 0 Å². The molecule has 0 heterocycles. The fourth-order valence-electron chi connectivity index (χ4n) is 1.07. The smallest absolute Gasteiger partial charge is 0.0629 e. The van der Waals surface area contributed by atoms with Gasteiger partial charge in [-0.1, -0.05) is 19.4 Å². The zero-order valence-electron chi connectivity index (χ0n) is 10.3. The summed E-state index contributed by atoms with van der Waals surface area (Å²) in [7, 11) is 0. The first-order chi connectivity index (χ1) is 6.88. The van der Waals surface area contributed by atoms with Crippen molar-refractivity contribution in [3.8, 4) is 0 Å². The van der Waals surface area contributed by atoms with Crippen LogP contribution in [0.1, 0.15) is 29.2 Å². The molecule has 85 valence electrons. The average molecular weight is 293 g/mol. The first-order valence-corrected chi connectivity index (χ1v) is 4.67. The summed E-state index contributed by atoms with van der Waals surface area (Å²) in [6.07, 6.45) is 1.91. The SMILES string of the molecule is Cc1cc(C)c([C-]=O)cc1C.[CH2-]C(C)=O.[Y]. The molecule has 3 heteroatoms.